The number of carbonyl (C=O) groups is 1. The SMILES string of the molecule is O=C(CN(c1ccc(Cl)c(Cl)c1)S(=O)(=O)c1ccccc1)NCCC1=CCCCC1. The number of hydrogen-bond acceptors (Lipinski definition) is 3. The normalized spacial score (nSPS) is 14.1. The highest BCUT2D eigenvalue weighted by atomic mass is 35.5. The number of hydrogen-bond donors (Lipinski definition) is 1. The first-order valence-electron chi connectivity index (χ1n) is 9.85. The first-order valence-corrected chi connectivity index (χ1v) is 12.0. The maximum Gasteiger partial charge on any atom is 0.264 e. The molecule has 0 aromatic heterocycles. The van der Waals surface area contributed by atoms with Crippen LogP contribution in [0.25, 0.3) is 0 Å². The van der Waals surface area contributed by atoms with Gasteiger partial charge in [-0.2, -0.15) is 0 Å². The Morgan fingerprint density at radius 1 is 1.03 bits per heavy atom. The number of halogens is 2. The van der Waals surface area contributed by atoms with Crippen LogP contribution in [0.4, 0.5) is 5.69 Å². The Hall–Kier alpha value is -2.02. The van der Waals surface area contributed by atoms with E-state index in [1.165, 1.54) is 48.7 Å². The van der Waals surface area contributed by atoms with E-state index in [0.29, 0.717) is 11.6 Å². The quantitative estimate of drug-likeness (QED) is 0.543. The van der Waals surface area contributed by atoms with Gasteiger partial charge in [0.15, 0.2) is 0 Å². The van der Waals surface area contributed by atoms with Gasteiger partial charge in [0.1, 0.15) is 6.54 Å². The molecule has 0 spiro atoms. The van der Waals surface area contributed by atoms with Crippen LogP contribution < -0.4 is 9.62 Å². The smallest absolute Gasteiger partial charge is 0.264 e. The van der Waals surface area contributed by atoms with Crippen LogP contribution in [0.2, 0.25) is 10.0 Å². The van der Waals surface area contributed by atoms with Crippen LogP contribution in [-0.2, 0) is 14.8 Å². The second-order valence-corrected chi connectivity index (χ2v) is 9.81. The number of nitrogens with one attached hydrogen (secondary N) is 1. The molecule has 0 radical (unpaired) electrons. The molecule has 2 aromatic carbocycles. The van der Waals surface area contributed by atoms with Crippen LogP contribution in [0, 0.1) is 0 Å². The number of nitrogens with zero attached hydrogens (tertiary/aromatic N) is 1. The van der Waals surface area contributed by atoms with Gasteiger partial charge in [0, 0.05) is 6.54 Å². The highest BCUT2D eigenvalue weighted by Gasteiger charge is 2.27. The van der Waals surface area contributed by atoms with Crippen LogP contribution in [-0.4, -0.2) is 27.4 Å². The Kier molecular flexibility index (Phi) is 7.81. The first-order chi connectivity index (χ1) is 14.4. The average Bonchev–Trinajstić information content (AvgIpc) is 2.75. The maximum atomic E-state index is 13.2. The summed E-state index contributed by atoms with van der Waals surface area (Å²) >= 11 is 12.1. The summed E-state index contributed by atoms with van der Waals surface area (Å²) in [4.78, 5) is 12.7. The van der Waals surface area contributed by atoms with Crippen molar-refractivity contribution in [2.24, 2.45) is 0 Å². The summed E-state index contributed by atoms with van der Waals surface area (Å²) in [6.45, 7) is 0.125. The molecular weight excluding hydrogens is 443 g/mol. The lowest BCUT2D eigenvalue weighted by atomic mass is 9.97. The molecule has 8 heteroatoms. The molecule has 0 fully saturated rings. The molecule has 0 bridgehead atoms. The van der Waals surface area contributed by atoms with Gasteiger partial charge in [-0.05, 0) is 62.4 Å². The zero-order valence-corrected chi connectivity index (χ0v) is 18.8. The van der Waals surface area contributed by atoms with Crippen molar-refractivity contribution < 1.29 is 13.2 Å². The number of allylic oxidation sites excluding steroid dienone is 1. The summed E-state index contributed by atoms with van der Waals surface area (Å²) in [6.07, 6.45) is 7.56. The summed E-state index contributed by atoms with van der Waals surface area (Å²) in [6, 6.07) is 12.5. The third-order valence-electron chi connectivity index (χ3n) is 4.96. The molecule has 1 amide bonds. The van der Waals surface area contributed by atoms with E-state index < -0.39 is 10.0 Å². The number of sulfonamides is 1. The predicted octanol–water partition coefficient (Wildman–Crippen LogP) is 5.20. The Morgan fingerprint density at radius 3 is 2.47 bits per heavy atom. The fraction of sp³-hybridized carbons (Fsp3) is 0.318. The van der Waals surface area contributed by atoms with E-state index in [-0.39, 0.29) is 28.1 Å². The molecule has 1 N–H and O–H groups in total. The number of carbonyl (C=O) groups excluding carboxylic acids is 1. The zero-order chi connectivity index (χ0) is 21.6. The number of anilines is 1. The molecule has 0 heterocycles. The lowest BCUT2D eigenvalue weighted by Gasteiger charge is -2.24. The minimum absolute atomic E-state index is 0.0937. The Balaban J connectivity index is 1.78. The van der Waals surface area contributed by atoms with Gasteiger partial charge in [-0.15, -0.1) is 0 Å². The van der Waals surface area contributed by atoms with Crippen molar-refractivity contribution in [1.82, 2.24) is 5.32 Å². The molecule has 30 heavy (non-hydrogen) atoms. The first kappa shape index (κ1) is 22.7. The van der Waals surface area contributed by atoms with E-state index in [0.717, 1.165) is 23.6 Å². The molecule has 0 unspecified atom stereocenters. The van der Waals surface area contributed by atoms with E-state index >= 15 is 0 Å². The van der Waals surface area contributed by atoms with Crippen LogP contribution in [0.15, 0.2) is 65.1 Å². The zero-order valence-electron chi connectivity index (χ0n) is 16.5. The molecule has 0 saturated carbocycles. The molecule has 160 valence electrons. The second kappa shape index (κ2) is 10.3. The standard InChI is InChI=1S/C22H24Cl2N2O3S/c23-20-12-11-18(15-21(20)24)26(30(28,29)19-9-5-2-6-10-19)16-22(27)25-14-13-17-7-3-1-4-8-17/h2,5-7,9-12,15H,1,3-4,8,13-14,16H2,(H,25,27). The van der Waals surface area contributed by atoms with Crippen molar-refractivity contribution in [3.8, 4) is 0 Å². The molecule has 1 aliphatic rings. The third-order valence-corrected chi connectivity index (χ3v) is 7.49. The summed E-state index contributed by atoms with van der Waals surface area (Å²) < 4.78 is 27.5. The summed E-state index contributed by atoms with van der Waals surface area (Å²) in [5.74, 6) is -0.378. The van der Waals surface area contributed by atoms with Gasteiger partial charge in [-0.1, -0.05) is 53.1 Å². The molecule has 5 nitrogen and oxygen atoms in total. The highest BCUT2D eigenvalue weighted by molar-refractivity contribution is 7.92. The van der Waals surface area contributed by atoms with Gasteiger partial charge in [-0.25, -0.2) is 8.42 Å². The lowest BCUT2D eigenvalue weighted by molar-refractivity contribution is -0.119. The van der Waals surface area contributed by atoms with Crippen LogP contribution >= 0.6 is 23.2 Å². The Morgan fingerprint density at radius 2 is 1.80 bits per heavy atom. The van der Waals surface area contributed by atoms with Gasteiger partial charge in [-0.3, -0.25) is 9.10 Å². The highest BCUT2D eigenvalue weighted by Crippen LogP contribution is 2.30. The molecular formula is C22H24Cl2N2O3S. The van der Waals surface area contributed by atoms with Gasteiger partial charge in [0.2, 0.25) is 5.91 Å². The van der Waals surface area contributed by atoms with E-state index in [1.54, 1.807) is 18.2 Å². The largest absolute Gasteiger partial charge is 0.354 e. The van der Waals surface area contributed by atoms with Gasteiger partial charge in [0.05, 0.1) is 20.6 Å². The van der Waals surface area contributed by atoms with Gasteiger partial charge < -0.3 is 5.32 Å². The maximum absolute atomic E-state index is 13.2. The van der Waals surface area contributed by atoms with Gasteiger partial charge >= 0.3 is 0 Å². The van der Waals surface area contributed by atoms with Crippen LogP contribution in [0.3, 0.4) is 0 Å². The summed E-state index contributed by atoms with van der Waals surface area (Å²) in [7, 11) is -3.96. The van der Waals surface area contributed by atoms with Crippen molar-refractivity contribution in [2.75, 3.05) is 17.4 Å². The fourth-order valence-electron chi connectivity index (χ4n) is 3.36. The van der Waals surface area contributed by atoms with E-state index in [2.05, 4.69) is 11.4 Å². The Labute approximate surface area is 187 Å². The molecule has 3 rings (SSSR count). The number of benzene rings is 2. The lowest BCUT2D eigenvalue weighted by Crippen LogP contribution is -2.41. The molecule has 2 aromatic rings. The van der Waals surface area contributed by atoms with E-state index in [4.69, 9.17) is 23.2 Å². The predicted molar refractivity (Wildman–Crippen MR) is 122 cm³/mol. The van der Waals surface area contributed by atoms with E-state index in [9.17, 15) is 13.2 Å². The third kappa shape index (κ3) is 5.78. The molecule has 1 aliphatic carbocycles. The molecule has 0 aliphatic heterocycles. The topological polar surface area (TPSA) is 66.5 Å². The van der Waals surface area contributed by atoms with Crippen LogP contribution in [0.5, 0.6) is 0 Å². The summed E-state index contributed by atoms with van der Waals surface area (Å²) in [5, 5.41) is 3.36. The van der Waals surface area contributed by atoms with Crippen molar-refractivity contribution >= 4 is 44.8 Å². The fourth-order valence-corrected chi connectivity index (χ4v) is 5.08. The second-order valence-electron chi connectivity index (χ2n) is 7.13. The summed E-state index contributed by atoms with van der Waals surface area (Å²) in [5.41, 5.74) is 1.62. The van der Waals surface area contributed by atoms with E-state index in [1.807, 2.05) is 0 Å². The van der Waals surface area contributed by atoms with Crippen molar-refractivity contribution in [3.05, 3.63) is 70.2 Å². The van der Waals surface area contributed by atoms with Crippen LogP contribution in [0.1, 0.15) is 32.1 Å². The number of rotatable bonds is 8. The van der Waals surface area contributed by atoms with Crippen molar-refractivity contribution in [1.29, 1.82) is 0 Å². The van der Waals surface area contributed by atoms with Crippen molar-refractivity contribution in [3.63, 3.8) is 0 Å². The molecule has 0 saturated heterocycles. The minimum Gasteiger partial charge on any atom is -0.354 e. The minimum atomic E-state index is -3.96. The average molecular weight is 467 g/mol. The number of amides is 1. The Bertz CT molecular complexity index is 1020. The monoisotopic (exact) mass is 466 g/mol. The van der Waals surface area contributed by atoms with Gasteiger partial charge in [0.25, 0.3) is 10.0 Å². The van der Waals surface area contributed by atoms with Crippen molar-refractivity contribution in [2.45, 2.75) is 37.0 Å². The molecule has 0 atom stereocenters.